The van der Waals surface area contributed by atoms with Gasteiger partial charge in [0.1, 0.15) is 13.0 Å². The molecular formula is C11H28NO2PSi. The highest BCUT2D eigenvalue weighted by Gasteiger charge is 2.41. The van der Waals surface area contributed by atoms with Crippen LogP contribution in [0.1, 0.15) is 20.8 Å². The molecule has 0 rings (SSSR count). The van der Waals surface area contributed by atoms with Crippen LogP contribution in [0.3, 0.4) is 0 Å². The lowest BCUT2D eigenvalue weighted by atomic mass is 10.2. The second kappa shape index (κ2) is 5.34. The molecule has 1 atom stereocenters. The first-order valence-electron chi connectivity index (χ1n) is 5.79. The topological polar surface area (TPSA) is 38.3 Å². The molecule has 0 aromatic carbocycles. The van der Waals surface area contributed by atoms with Crippen LogP contribution in [0.25, 0.3) is 0 Å². The summed E-state index contributed by atoms with van der Waals surface area (Å²) in [5.74, 6) is -0.154. The zero-order valence-electron chi connectivity index (χ0n) is 12.0. The van der Waals surface area contributed by atoms with E-state index in [1.165, 1.54) is 0 Å². The molecule has 98 valence electrons. The number of hydrogen-bond acceptors (Lipinski definition) is 3. The predicted octanol–water partition coefficient (Wildman–Crippen LogP) is 3.18. The molecule has 3 nitrogen and oxygen atoms in total. The fraction of sp³-hybridized carbons (Fsp3) is 1.00. The summed E-state index contributed by atoms with van der Waals surface area (Å²) >= 11 is 0. The molecule has 0 fully saturated rings. The normalized spacial score (nSPS) is 16.2. The van der Waals surface area contributed by atoms with Crippen molar-refractivity contribution in [2.24, 2.45) is 0 Å². The van der Waals surface area contributed by atoms with Gasteiger partial charge in [-0.25, -0.2) is 0 Å². The minimum Gasteiger partial charge on any atom is -0.406 e. The van der Waals surface area contributed by atoms with Crippen LogP contribution in [0.5, 0.6) is 0 Å². The van der Waals surface area contributed by atoms with E-state index >= 15 is 0 Å². The predicted molar refractivity (Wildman–Crippen MR) is 75.5 cm³/mol. The minimum absolute atomic E-state index is 0.154. The zero-order valence-corrected chi connectivity index (χ0v) is 13.9. The van der Waals surface area contributed by atoms with Gasteiger partial charge in [-0.3, -0.25) is 0 Å². The molecule has 16 heavy (non-hydrogen) atoms. The largest absolute Gasteiger partial charge is 0.406 e. The van der Waals surface area contributed by atoms with E-state index in [9.17, 15) is 4.57 Å². The second-order valence-electron chi connectivity index (χ2n) is 6.32. The Morgan fingerprint density at radius 1 is 1.31 bits per heavy atom. The van der Waals surface area contributed by atoms with Crippen molar-refractivity contribution in [3.8, 4) is 0 Å². The van der Waals surface area contributed by atoms with E-state index in [1.807, 2.05) is 20.4 Å². The van der Waals surface area contributed by atoms with E-state index in [1.54, 1.807) is 0 Å². The molecule has 0 spiro atoms. The summed E-state index contributed by atoms with van der Waals surface area (Å²) in [5.41, 5.74) is 0. The first-order chi connectivity index (χ1) is 6.92. The molecule has 0 aromatic heterocycles. The lowest BCUT2D eigenvalue weighted by Crippen LogP contribution is -2.45. The van der Waals surface area contributed by atoms with E-state index in [0.717, 1.165) is 0 Å². The lowest BCUT2D eigenvalue weighted by Gasteiger charge is -2.40. The molecule has 0 heterocycles. The van der Waals surface area contributed by atoms with Gasteiger partial charge in [0.2, 0.25) is 0 Å². The summed E-state index contributed by atoms with van der Waals surface area (Å²) in [6.07, 6.45) is 0. The Hall–Kier alpha value is 0.367. The number of likely N-dealkylation sites (N-methyl/N-ethyl adjacent to an activating group) is 1. The summed E-state index contributed by atoms with van der Waals surface area (Å²) in [5, 5.41) is 3.23. The SMILES string of the molecule is CNCC(O[Si](C)(C)C(C)(C)C)P(C)(C)=O. The fourth-order valence-corrected chi connectivity index (χ4v) is 4.63. The summed E-state index contributed by atoms with van der Waals surface area (Å²) in [7, 11) is -2.16. The lowest BCUT2D eigenvalue weighted by molar-refractivity contribution is 0.246. The Balaban J connectivity index is 4.84. The van der Waals surface area contributed by atoms with E-state index in [0.29, 0.717) is 6.54 Å². The highest BCUT2D eigenvalue weighted by molar-refractivity contribution is 7.63. The molecule has 5 heteroatoms. The van der Waals surface area contributed by atoms with Gasteiger partial charge >= 0.3 is 0 Å². The van der Waals surface area contributed by atoms with Crippen LogP contribution in [-0.4, -0.2) is 41.1 Å². The van der Waals surface area contributed by atoms with Crippen LogP contribution < -0.4 is 5.32 Å². The van der Waals surface area contributed by atoms with Gasteiger partial charge in [0.25, 0.3) is 0 Å². The van der Waals surface area contributed by atoms with Gasteiger partial charge in [0, 0.05) is 6.54 Å². The molecular weight excluding hydrogens is 237 g/mol. The Morgan fingerprint density at radius 3 is 2.00 bits per heavy atom. The molecule has 0 amide bonds. The molecule has 0 saturated heterocycles. The van der Waals surface area contributed by atoms with Gasteiger partial charge in [0.15, 0.2) is 8.32 Å². The van der Waals surface area contributed by atoms with E-state index in [4.69, 9.17) is 4.43 Å². The highest BCUT2D eigenvalue weighted by atomic mass is 31.2. The average Bonchev–Trinajstić information content (AvgIpc) is 1.99. The van der Waals surface area contributed by atoms with Crippen LogP contribution in [-0.2, 0) is 8.99 Å². The number of hydrogen-bond donors (Lipinski definition) is 1. The molecule has 0 radical (unpaired) electrons. The maximum absolute atomic E-state index is 12.2. The van der Waals surface area contributed by atoms with Gasteiger partial charge in [-0.15, -0.1) is 0 Å². The molecule has 1 N–H and O–H groups in total. The summed E-state index contributed by atoms with van der Waals surface area (Å²) in [4.78, 5) is 0. The van der Waals surface area contributed by atoms with Crippen LogP contribution in [0, 0.1) is 0 Å². The molecule has 0 aliphatic carbocycles. The fourth-order valence-electron chi connectivity index (χ4n) is 1.08. The highest BCUT2D eigenvalue weighted by Crippen LogP contribution is 2.47. The van der Waals surface area contributed by atoms with E-state index in [2.05, 4.69) is 39.2 Å². The smallest absolute Gasteiger partial charge is 0.193 e. The molecule has 0 aromatic rings. The van der Waals surface area contributed by atoms with Crippen molar-refractivity contribution in [2.75, 3.05) is 26.9 Å². The summed E-state index contributed by atoms with van der Waals surface area (Å²) in [6, 6.07) is 0. The quantitative estimate of drug-likeness (QED) is 0.613. The Labute approximate surface area is 102 Å². The average molecular weight is 265 g/mol. The molecule has 0 saturated carbocycles. The van der Waals surface area contributed by atoms with Gasteiger partial charge in [0.05, 0.1) is 0 Å². The summed E-state index contributed by atoms with van der Waals surface area (Å²) in [6.45, 7) is 15.3. The van der Waals surface area contributed by atoms with Gasteiger partial charge in [-0.05, 0) is 38.5 Å². The summed E-state index contributed by atoms with van der Waals surface area (Å²) < 4.78 is 18.4. The first-order valence-corrected chi connectivity index (χ1v) is 11.4. The first kappa shape index (κ1) is 16.4. The van der Waals surface area contributed by atoms with Gasteiger partial charge in [-0.2, -0.15) is 0 Å². The zero-order chi connectivity index (χ0) is 13.2. The van der Waals surface area contributed by atoms with Gasteiger partial charge in [-0.1, -0.05) is 20.8 Å². The van der Waals surface area contributed by atoms with Crippen molar-refractivity contribution in [2.45, 2.75) is 44.7 Å². The van der Waals surface area contributed by atoms with Crippen molar-refractivity contribution in [1.82, 2.24) is 5.32 Å². The third-order valence-electron chi connectivity index (χ3n) is 3.31. The maximum Gasteiger partial charge on any atom is 0.193 e. The maximum atomic E-state index is 12.2. The van der Waals surface area contributed by atoms with Crippen molar-refractivity contribution in [3.05, 3.63) is 0 Å². The van der Waals surface area contributed by atoms with Crippen molar-refractivity contribution < 1.29 is 8.99 Å². The van der Waals surface area contributed by atoms with Gasteiger partial charge < -0.3 is 14.3 Å². The van der Waals surface area contributed by atoms with Crippen LogP contribution in [0.2, 0.25) is 18.1 Å². The molecule has 1 unspecified atom stereocenters. The van der Waals surface area contributed by atoms with Crippen LogP contribution in [0.4, 0.5) is 0 Å². The minimum atomic E-state index is -2.21. The second-order valence-corrected chi connectivity index (χ2v) is 14.5. The molecule has 0 bridgehead atoms. The van der Waals surface area contributed by atoms with Crippen molar-refractivity contribution >= 4 is 15.5 Å². The third kappa shape index (κ3) is 4.70. The molecule has 0 aliphatic rings. The van der Waals surface area contributed by atoms with Crippen molar-refractivity contribution in [1.29, 1.82) is 0 Å². The molecule has 0 aliphatic heterocycles. The van der Waals surface area contributed by atoms with Crippen molar-refractivity contribution in [3.63, 3.8) is 0 Å². The van der Waals surface area contributed by atoms with E-state index < -0.39 is 15.5 Å². The van der Waals surface area contributed by atoms with Crippen LogP contribution in [0.15, 0.2) is 0 Å². The van der Waals surface area contributed by atoms with E-state index in [-0.39, 0.29) is 10.9 Å². The Bertz CT molecular complexity index is 268. The Morgan fingerprint density at radius 2 is 1.75 bits per heavy atom. The Kier molecular flexibility index (Phi) is 5.46. The third-order valence-corrected chi connectivity index (χ3v) is 9.67. The standard InChI is InChI=1S/C11H28NO2PSi/c1-11(2,3)16(7,8)14-10(9-12-4)15(5,6)13/h10,12H,9H2,1-8H3. The number of rotatable bonds is 5. The van der Waals surface area contributed by atoms with Crippen LogP contribution >= 0.6 is 7.14 Å². The number of nitrogens with one attached hydrogen (secondary N) is 1. The monoisotopic (exact) mass is 265 g/mol.